The van der Waals surface area contributed by atoms with Gasteiger partial charge in [0.15, 0.2) is 0 Å². The number of hydrogen-bond donors (Lipinski definition) is 3. The molecule has 0 saturated carbocycles. The highest BCUT2D eigenvalue weighted by atomic mass is 35.5. The number of hydrogen-bond acceptors (Lipinski definition) is 5. The van der Waals surface area contributed by atoms with Gasteiger partial charge in [-0.25, -0.2) is 23.8 Å². The molecule has 5 aromatic rings. The third-order valence-corrected chi connectivity index (χ3v) is 5.16. The number of aromatic amines is 1. The van der Waals surface area contributed by atoms with Crippen molar-refractivity contribution in [2.75, 3.05) is 10.6 Å². The Balaban J connectivity index is 1.31. The van der Waals surface area contributed by atoms with Crippen LogP contribution in [0.5, 0.6) is 11.6 Å². The molecule has 0 atom stereocenters. The summed E-state index contributed by atoms with van der Waals surface area (Å²) in [5.74, 6) is 0.112. The number of rotatable bonds is 5. The van der Waals surface area contributed by atoms with Crippen LogP contribution in [-0.4, -0.2) is 30.8 Å². The maximum atomic E-state index is 14.7. The fourth-order valence-electron chi connectivity index (χ4n) is 3.37. The summed E-state index contributed by atoms with van der Waals surface area (Å²) in [7, 11) is 0. The average molecular weight is 478 g/mol. The zero-order valence-corrected chi connectivity index (χ0v) is 18.5. The zero-order valence-electron chi connectivity index (χ0n) is 17.7. The zero-order chi connectivity index (χ0) is 23.7. The third kappa shape index (κ3) is 4.26. The van der Waals surface area contributed by atoms with Crippen LogP contribution in [0.15, 0.2) is 67.1 Å². The molecule has 0 aliphatic heterocycles. The van der Waals surface area contributed by atoms with Gasteiger partial charge in [0, 0.05) is 18.3 Å². The molecule has 0 unspecified atom stereocenters. The number of nitrogens with one attached hydrogen (secondary N) is 3. The first-order chi connectivity index (χ1) is 16.5. The standard InChI is InChI=1S/C23H17ClFN7O2/c1-13-9-19(32(31-13)14-5-3-2-4-6-14)30-23(33)29-18-8-7-15(10-17(18)25)34-22-20-16(24)11-26-21(20)27-12-28-22/h2-12H,1H3,(H,26,27,28)(H2,29,30,33). The minimum absolute atomic E-state index is 0.0279. The normalized spacial score (nSPS) is 10.9. The van der Waals surface area contributed by atoms with Crippen LogP contribution >= 0.6 is 11.6 Å². The second-order valence-electron chi connectivity index (χ2n) is 7.28. The second-order valence-corrected chi connectivity index (χ2v) is 7.69. The Labute approximate surface area is 197 Å². The van der Waals surface area contributed by atoms with Gasteiger partial charge in [-0.15, -0.1) is 0 Å². The Morgan fingerprint density at radius 3 is 2.74 bits per heavy atom. The van der Waals surface area contributed by atoms with Crippen molar-refractivity contribution < 1.29 is 13.9 Å². The fourth-order valence-corrected chi connectivity index (χ4v) is 3.60. The number of benzene rings is 2. The van der Waals surface area contributed by atoms with Crippen LogP contribution in [0.2, 0.25) is 5.02 Å². The number of carbonyl (C=O) groups is 1. The lowest BCUT2D eigenvalue weighted by Crippen LogP contribution is -2.21. The van der Waals surface area contributed by atoms with Gasteiger partial charge in [0.2, 0.25) is 5.88 Å². The highest BCUT2D eigenvalue weighted by molar-refractivity contribution is 6.35. The molecular formula is C23H17ClFN7O2. The molecule has 11 heteroatoms. The van der Waals surface area contributed by atoms with Crippen LogP contribution < -0.4 is 15.4 Å². The molecule has 0 spiro atoms. The van der Waals surface area contributed by atoms with Crippen molar-refractivity contribution in [3.63, 3.8) is 0 Å². The lowest BCUT2D eigenvalue weighted by atomic mass is 10.3. The fraction of sp³-hybridized carbons (Fsp3) is 0.0435. The lowest BCUT2D eigenvalue weighted by Gasteiger charge is -2.11. The van der Waals surface area contributed by atoms with E-state index in [-0.39, 0.29) is 17.3 Å². The number of para-hydroxylation sites is 1. The number of H-pyrrole nitrogens is 1. The van der Waals surface area contributed by atoms with Gasteiger partial charge >= 0.3 is 6.03 Å². The van der Waals surface area contributed by atoms with Gasteiger partial charge in [0.05, 0.1) is 27.5 Å². The van der Waals surface area contributed by atoms with Crippen molar-refractivity contribution >= 4 is 40.2 Å². The first kappa shape index (κ1) is 21.4. The van der Waals surface area contributed by atoms with Crippen molar-refractivity contribution in [3.8, 4) is 17.3 Å². The first-order valence-electron chi connectivity index (χ1n) is 10.1. The first-order valence-corrected chi connectivity index (χ1v) is 10.5. The van der Waals surface area contributed by atoms with Crippen LogP contribution in [0.4, 0.5) is 20.7 Å². The monoisotopic (exact) mass is 477 g/mol. The Kier molecular flexibility index (Phi) is 5.56. The quantitative estimate of drug-likeness (QED) is 0.301. The van der Waals surface area contributed by atoms with Crippen molar-refractivity contribution in [2.24, 2.45) is 0 Å². The molecule has 0 radical (unpaired) electrons. The Hall–Kier alpha value is -4.44. The predicted molar refractivity (Wildman–Crippen MR) is 126 cm³/mol. The Morgan fingerprint density at radius 1 is 1.12 bits per heavy atom. The summed E-state index contributed by atoms with van der Waals surface area (Å²) in [4.78, 5) is 23.6. The number of amides is 2. The molecule has 0 bridgehead atoms. The maximum absolute atomic E-state index is 14.7. The number of nitrogens with zero attached hydrogens (tertiary/aromatic N) is 4. The summed E-state index contributed by atoms with van der Waals surface area (Å²) >= 11 is 6.15. The summed E-state index contributed by atoms with van der Waals surface area (Å²) < 4.78 is 22.0. The average Bonchev–Trinajstić information content (AvgIpc) is 3.39. The number of halogens is 2. The SMILES string of the molecule is Cc1cc(NC(=O)Nc2ccc(Oc3ncnc4[nH]cc(Cl)c34)cc2F)n(-c2ccccc2)n1. The van der Waals surface area contributed by atoms with Crippen molar-refractivity contribution in [1.29, 1.82) is 0 Å². The molecular weight excluding hydrogens is 461 g/mol. The van der Waals surface area contributed by atoms with Gasteiger partial charge in [-0.1, -0.05) is 29.8 Å². The number of aryl methyl sites for hydroxylation is 1. The van der Waals surface area contributed by atoms with Crippen molar-refractivity contribution in [2.45, 2.75) is 6.92 Å². The molecule has 2 amide bonds. The van der Waals surface area contributed by atoms with E-state index in [0.717, 1.165) is 11.8 Å². The van der Waals surface area contributed by atoms with E-state index in [1.54, 1.807) is 16.9 Å². The highest BCUT2D eigenvalue weighted by Crippen LogP contribution is 2.32. The molecule has 0 fully saturated rings. The second kappa shape index (κ2) is 8.83. The lowest BCUT2D eigenvalue weighted by molar-refractivity contribution is 0.262. The minimum Gasteiger partial charge on any atom is -0.438 e. The summed E-state index contributed by atoms with van der Waals surface area (Å²) in [6.45, 7) is 1.81. The van der Waals surface area contributed by atoms with E-state index in [1.807, 2.05) is 37.3 Å². The van der Waals surface area contributed by atoms with Gasteiger partial charge in [-0.3, -0.25) is 5.32 Å². The van der Waals surface area contributed by atoms with Crippen LogP contribution in [0.1, 0.15) is 5.69 Å². The van der Waals surface area contributed by atoms with Crippen LogP contribution in [0.25, 0.3) is 16.7 Å². The van der Waals surface area contributed by atoms with E-state index in [4.69, 9.17) is 16.3 Å². The molecule has 0 aliphatic rings. The molecule has 0 aliphatic carbocycles. The number of aromatic nitrogens is 5. The van der Waals surface area contributed by atoms with Crippen LogP contribution in [-0.2, 0) is 0 Å². The van der Waals surface area contributed by atoms with E-state index in [2.05, 4.69) is 30.7 Å². The van der Waals surface area contributed by atoms with E-state index >= 15 is 0 Å². The van der Waals surface area contributed by atoms with Gasteiger partial charge in [0.1, 0.15) is 29.4 Å². The van der Waals surface area contributed by atoms with E-state index in [1.165, 1.54) is 18.5 Å². The minimum atomic E-state index is -0.689. The van der Waals surface area contributed by atoms with Crippen molar-refractivity contribution in [3.05, 3.63) is 83.7 Å². The number of carbonyl (C=O) groups excluding carboxylic acids is 1. The molecule has 9 nitrogen and oxygen atoms in total. The van der Waals surface area contributed by atoms with Crippen LogP contribution in [0, 0.1) is 12.7 Å². The summed E-state index contributed by atoms with van der Waals surface area (Å²) in [6, 6.07) is 14.5. The number of anilines is 2. The van der Waals surface area contributed by atoms with Gasteiger partial charge < -0.3 is 15.0 Å². The van der Waals surface area contributed by atoms with E-state index < -0.39 is 11.8 Å². The molecule has 3 N–H and O–H groups in total. The van der Waals surface area contributed by atoms with Crippen LogP contribution in [0.3, 0.4) is 0 Å². The van der Waals surface area contributed by atoms with E-state index in [9.17, 15) is 9.18 Å². The third-order valence-electron chi connectivity index (χ3n) is 4.86. The van der Waals surface area contributed by atoms with Gasteiger partial charge in [-0.2, -0.15) is 5.10 Å². The smallest absolute Gasteiger partial charge is 0.324 e. The Morgan fingerprint density at radius 2 is 1.94 bits per heavy atom. The van der Waals surface area contributed by atoms with Gasteiger partial charge in [0.25, 0.3) is 0 Å². The molecule has 5 rings (SSSR count). The summed E-state index contributed by atoms with van der Waals surface area (Å²) in [6.07, 6.45) is 2.87. The number of ether oxygens (including phenoxy) is 1. The Bertz CT molecular complexity index is 1500. The molecule has 2 aromatic carbocycles. The largest absolute Gasteiger partial charge is 0.438 e. The highest BCUT2D eigenvalue weighted by Gasteiger charge is 2.15. The molecule has 3 aromatic heterocycles. The summed E-state index contributed by atoms with van der Waals surface area (Å²) in [5.41, 5.74) is 1.96. The van der Waals surface area contributed by atoms with Gasteiger partial charge in [-0.05, 0) is 31.2 Å². The molecule has 34 heavy (non-hydrogen) atoms. The maximum Gasteiger partial charge on any atom is 0.324 e. The topological polar surface area (TPSA) is 110 Å². The molecule has 0 saturated heterocycles. The molecule has 3 heterocycles. The number of fused-ring (bicyclic) bond motifs is 1. The molecule has 170 valence electrons. The predicted octanol–water partition coefficient (Wildman–Crippen LogP) is 5.68. The van der Waals surface area contributed by atoms with Crippen molar-refractivity contribution in [1.82, 2.24) is 24.7 Å². The summed E-state index contributed by atoms with van der Waals surface area (Å²) in [5, 5.41) is 10.5. The van der Waals surface area contributed by atoms with E-state index in [0.29, 0.717) is 27.6 Å². The number of urea groups is 1.